The van der Waals surface area contributed by atoms with E-state index in [1.807, 2.05) is 0 Å². The molecule has 0 spiro atoms. The van der Waals surface area contributed by atoms with Crippen molar-refractivity contribution in [1.82, 2.24) is 5.32 Å². The highest BCUT2D eigenvalue weighted by molar-refractivity contribution is 9.09. The normalized spacial score (nSPS) is 10.3. The lowest BCUT2D eigenvalue weighted by atomic mass is 10.1. The Hall–Kier alpha value is -0.0500. The van der Waals surface area contributed by atoms with Gasteiger partial charge in [-0.2, -0.15) is 0 Å². The van der Waals surface area contributed by atoms with Gasteiger partial charge in [0.25, 0.3) is 0 Å². The van der Waals surface area contributed by atoms with E-state index >= 15 is 0 Å². The van der Waals surface area contributed by atoms with Crippen LogP contribution >= 0.6 is 15.9 Å². The molecule has 0 fully saturated rings. The molecule has 0 aromatic carbocycles. The van der Waals surface area contributed by atoms with Gasteiger partial charge in [0, 0.05) is 18.3 Å². The van der Waals surface area contributed by atoms with E-state index in [0.29, 0.717) is 6.42 Å². The Morgan fingerprint density at radius 2 is 1.67 bits per heavy atom. The fourth-order valence-electron chi connectivity index (χ4n) is 1.52. The van der Waals surface area contributed by atoms with Crippen LogP contribution in [0.2, 0.25) is 0 Å². The first-order valence-electron chi connectivity index (χ1n) is 6.14. The van der Waals surface area contributed by atoms with Crippen molar-refractivity contribution in [2.45, 2.75) is 58.3 Å². The van der Waals surface area contributed by atoms with E-state index in [1.54, 1.807) is 0 Å². The number of nitrogens with one attached hydrogen (secondary N) is 1. The van der Waals surface area contributed by atoms with Gasteiger partial charge in [-0.1, -0.05) is 61.4 Å². The number of amides is 1. The molecule has 3 heteroatoms. The summed E-state index contributed by atoms with van der Waals surface area (Å²) in [5.74, 6) is 0.197. The fourth-order valence-corrected chi connectivity index (χ4v) is 1.72. The van der Waals surface area contributed by atoms with E-state index in [0.717, 1.165) is 18.3 Å². The zero-order valence-corrected chi connectivity index (χ0v) is 11.4. The Labute approximate surface area is 102 Å². The van der Waals surface area contributed by atoms with Gasteiger partial charge >= 0.3 is 0 Å². The molecule has 1 N–H and O–H groups in total. The lowest BCUT2D eigenvalue weighted by Gasteiger charge is -2.03. The number of carbonyl (C=O) groups is 1. The van der Waals surface area contributed by atoms with E-state index in [1.165, 1.54) is 38.5 Å². The molecule has 0 aliphatic heterocycles. The van der Waals surface area contributed by atoms with Crippen LogP contribution in [-0.2, 0) is 4.79 Å². The lowest BCUT2D eigenvalue weighted by Crippen LogP contribution is -2.24. The van der Waals surface area contributed by atoms with Crippen molar-refractivity contribution in [2.24, 2.45) is 0 Å². The van der Waals surface area contributed by atoms with Crippen LogP contribution < -0.4 is 5.32 Å². The predicted molar refractivity (Wildman–Crippen MR) is 69.4 cm³/mol. The van der Waals surface area contributed by atoms with E-state index in [-0.39, 0.29) is 5.91 Å². The summed E-state index contributed by atoms with van der Waals surface area (Å²) >= 11 is 3.28. The van der Waals surface area contributed by atoms with Crippen molar-refractivity contribution in [3.05, 3.63) is 0 Å². The summed E-state index contributed by atoms with van der Waals surface area (Å²) in [6.45, 7) is 2.98. The van der Waals surface area contributed by atoms with Crippen LogP contribution in [-0.4, -0.2) is 17.8 Å². The molecule has 0 aromatic heterocycles. The van der Waals surface area contributed by atoms with E-state index in [2.05, 4.69) is 28.2 Å². The van der Waals surface area contributed by atoms with Crippen LogP contribution in [0.15, 0.2) is 0 Å². The second kappa shape index (κ2) is 12.0. The van der Waals surface area contributed by atoms with Gasteiger partial charge in [0.15, 0.2) is 0 Å². The third-order valence-corrected chi connectivity index (χ3v) is 2.82. The Morgan fingerprint density at radius 1 is 1.07 bits per heavy atom. The van der Waals surface area contributed by atoms with Crippen molar-refractivity contribution < 1.29 is 4.79 Å². The minimum Gasteiger partial charge on any atom is -0.355 e. The molecule has 0 rings (SSSR count). The second-order valence-corrected chi connectivity index (χ2v) is 4.70. The molecular formula is C12H24BrNO. The van der Waals surface area contributed by atoms with Crippen LogP contribution in [0.4, 0.5) is 0 Å². The third kappa shape index (κ3) is 11.9. The van der Waals surface area contributed by atoms with E-state index < -0.39 is 0 Å². The molecule has 0 heterocycles. The monoisotopic (exact) mass is 277 g/mol. The minimum absolute atomic E-state index is 0.197. The summed E-state index contributed by atoms with van der Waals surface area (Å²) in [4.78, 5) is 11.2. The number of carbonyl (C=O) groups excluding carboxylic acids is 1. The molecule has 0 aliphatic carbocycles. The number of hydrogen-bond donors (Lipinski definition) is 1. The highest BCUT2D eigenvalue weighted by Crippen LogP contribution is 2.08. The molecule has 90 valence electrons. The van der Waals surface area contributed by atoms with Crippen molar-refractivity contribution >= 4 is 21.8 Å². The Kier molecular flexibility index (Phi) is 12.0. The first kappa shape index (κ1) is 14.9. The molecule has 15 heavy (non-hydrogen) atoms. The van der Waals surface area contributed by atoms with Gasteiger partial charge in [-0.3, -0.25) is 4.79 Å². The number of rotatable bonds is 10. The van der Waals surface area contributed by atoms with Crippen molar-refractivity contribution in [2.75, 3.05) is 11.9 Å². The van der Waals surface area contributed by atoms with Crippen LogP contribution in [0.25, 0.3) is 0 Å². The predicted octanol–water partition coefficient (Wildman–Crippen LogP) is 3.64. The lowest BCUT2D eigenvalue weighted by molar-refractivity contribution is -0.121. The summed E-state index contributed by atoms with van der Waals surface area (Å²) in [5, 5.41) is 3.70. The molecule has 2 nitrogen and oxygen atoms in total. The number of unbranched alkanes of at least 4 members (excludes halogenated alkanes) is 6. The zero-order valence-electron chi connectivity index (χ0n) is 9.86. The molecule has 0 radical (unpaired) electrons. The Balaban J connectivity index is 3.06. The number of hydrogen-bond acceptors (Lipinski definition) is 1. The molecular weight excluding hydrogens is 254 g/mol. The summed E-state index contributed by atoms with van der Waals surface area (Å²) in [6.07, 6.45) is 9.56. The first-order chi connectivity index (χ1) is 7.31. The standard InChI is InChI=1S/C12H24BrNO/c1-2-3-4-5-6-7-8-9-12(15)14-11-10-13/h2-11H2,1H3,(H,14,15). The minimum atomic E-state index is 0.197. The molecule has 0 aliphatic rings. The number of halogens is 1. The van der Waals surface area contributed by atoms with Crippen LogP contribution in [0.1, 0.15) is 58.3 Å². The van der Waals surface area contributed by atoms with Crippen LogP contribution in [0.5, 0.6) is 0 Å². The highest BCUT2D eigenvalue weighted by atomic mass is 79.9. The van der Waals surface area contributed by atoms with Gasteiger partial charge in [-0.05, 0) is 6.42 Å². The summed E-state index contributed by atoms with van der Waals surface area (Å²) < 4.78 is 0. The average Bonchev–Trinajstić information content (AvgIpc) is 2.25. The van der Waals surface area contributed by atoms with Crippen molar-refractivity contribution in [3.63, 3.8) is 0 Å². The highest BCUT2D eigenvalue weighted by Gasteiger charge is 1.99. The maximum absolute atomic E-state index is 11.2. The zero-order chi connectivity index (χ0) is 11.4. The summed E-state index contributed by atoms with van der Waals surface area (Å²) in [5.41, 5.74) is 0. The maximum atomic E-state index is 11.2. The van der Waals surface area contributed by atoms with E-state index in [9.17, 15) is 4.79 Å². The molecule has 0 saturated carbocycles. The second-order valence-electron chi connectivity index (χ2n) is 3.91. The topological polar surface area (TPSA) is 29.1 Å². The van der Waals surface area contributed by atoms with Gasteiger partial charge in [0.1, 0.15) is 0 Å². The molecule has 0 bridgehead atoms. The fraction of sp³-hybridized carbons (Fsp3) is 0.917. The molecule has 1 amide bonds. The van der Waals surface area contributed by atoms with Crippen LogP contribution in [0, 0.1) is 0 Å². The van der Waals surface area contributed by atoms with Gasteiger partial charge in [-0.15, -0.1) is 0 Å². The molecule has 0 unspecified atom stereocenters. The Morgan fingerprint density at radius 3 is 2.27 bits per heavy atom. The average molecular weight is 278 g/mol. The van der Waals surface area contributed by atoms with Gasteiger partial charge in [0.05, 0.1) is 0 Å². The molecule has 0 saturated heterocycles. The smallest absolute Gasteiger partial charge is 0.220 e. The summed E-state index contributed by atoms with van der Waals surface area (Å²) in [7, 11) is 0. The first-order valence-corrected chi connectivity index (χ1v) is 7.26. The quantitative estimate of drug-likeness (QED) is 0.480. The van der Waals surface area contributed by atoms with Crippen molar-refractivity contribution in [3.8, 4) is 0 Å². The third-order valence-electron chi connectivity index (χ3n) is 2.42. The molecule has 0 aromatic rings. The largest absolute Gasteiger partial charge is 0.355 e. The molecule has 0 atom stereocenters. The van der Waals surface area contributed by atoms with Crippen molar-refractivity contribution in [1.29, 1.82) is 0 Å². The van der Waals surface area contributed by atoms with Gasteiger partial charge in [0.2, 0.25) is 5.91 Å². The van der Waals surface area contributed by atoms with Gasteiger partial charge in [-0.25, -0.2) is 0 Å². The van der Waals surface area contributed by atoms with Gasteiger partial charge < -0.3 is 5.32 Å². The SMILES string of the molecule is CCCCCCCCCC(=O)NCCBr. The summed E-state index contributed by atoms with van der Waals surface area (Å²) in [6, 6.07) is 0. The number of alkyl halides is 1. The van der Waals surface area contributed by atoms with Crippen LogP contribution in [0.3, 0.4) is 0 Å². The maximum Gasteiger partial charge on any atom is 0.220 e. The van der Waals surface area contributed by atoms with E-state index in [4.69, 9.17) is 0 Å². The Bertz CT molecular complexity index is 151.